The molecule has 2 amide bonds. The fourth-order valence-corrected chi connectivity index (χ4v) is 5.98. The Hall–Kier alpha value is -2.33. The normalized spacial score (nSPS) is 33.8. The zero-order chi connectivity index (χ0) is 25.0. The second kappa shape index (κ2) is 8.65. The maximum absolute atomic E-state index is 13.0. The number of ketones is 1. The number of fused-ring (bicyclic) bond motifs is 4. The molecule has 0 aromatic heterocycles. The second-order valence-electron chi connectivity index (χ2n) is 10.3. The number of benzene rings is 1. The van der Waals surface area contributed by atoms with E-state index in [1.165, 1.54) is 6.07 Å². The molecule has 190 valence electrons. The summed E-state index contributed by atoms with van der Waals surface area (Å²) in [6.07, 6.45) is -2.66. The number of hydrogen-bond donors (Lipinski definition) is 2. The molecule has 5 aliphatic rings. The molecule has 1 aromatic rings. The van der Waals surface area contributed by atoms with Crippen LogP contribution in [0.15, 0.2) is 18.2 Å². The van der Waals surface area contributed by atoms with Crippen molar-refractivity contribution in [3.63, 3.8) is 0 Å². The minimum absolute atomic E-state index is 0.0674. The monoisotopic (exact) mass is 514 g/mol. The molecule has 11 heteroatoms. The SMILES string of the molecule is O=C1C[C@H](C(=O)NC23CCC(C(=O)NC4CC(OC(F)(F)F)C4)(CC2)CC3)Oc2ccc(Cl)cc21. The van der Waals surface area contributed by atoms with Crippen molar-refractivity contribution in [1.29, 1.82) is 0 Å². The van der Waals surface area contributed by atoms with Crippen molar-refractivity contribution < 1.29 is 37.0 Å². The summed E-state index contributed by atoms with van der Waals surface area (Å²) in [5.74, 6) is -0.328. The van der Waals surface area contributed by atoms with Gasteiger partial charge in [-0.25, -0.2) is 0 Å². The highest BCUT2D eigenvalue weighted by Gasteiger charge is 2.54. The first kappa shape index (κ1) is 24.4. The van der Waals surface area contributed by atoms with Crippen LogP contribution in [0.2, 0.25) is 5.02 Å². The topological polar surface area (TPSA) is 93.7 Å². The average Bonchev–Trinajstić information content (AvgIpc) is 2.78. The van der Waals surface area contributed by atoms with E-state index in [0.717, 1.165) is 0 Å². The largest absolute Gasteiger partial charge is 0.522 e. The fraction of sp³-hybridized carbons (Fsp3) is 0.625. The Kier molecular flexibility index (Phi) is 6.03. The highest BCUT2D eigenvalue weighted by Crippen LogP contribution is 2.53. The minimum Gasteiger partial charge on any atom is -0.479 e. The highest BCUT2D eigenvalue weighted by atomic mass is 35.5. The van der Waals surface area contributed by atoms with Gasteiger partial charge in [-0.1, -0.05) is 11.6 Å². The van der Waals surface area contributed by atoms with Crippen LogP contribution in [0.5, 0.6) is 5.75 Å². The van der Waals surface area contributed by atoms with Crippen LogP contribution >= 0.6 is 11.6 Å². The van der Waals surface area contributed by atoms with Crippen LogP contribution in [0.4, 0.5) is 13.2 Å². The van der Waals surface area contributed by atoms with Gasteiger partial charge in [0.15, 0.2) is 11.9 Å². The molecule has 4 saturated carbocycles. The number of nitrogens with one attached hydrogen (secondary N) is 2. The quantitative estimate of drug-likeness (QED) is 0.618. The number of carbonyl (C=O) groups is 3. The van der Waals surface area contributed by atoms with Crippen LogP contribution in [0, 0.1) is 5.41 Å². The van der Waals surface area contributed by atoms with Crippen molar-refractivity contribution in [3.05, 3.63) is 28.8 Å². The smallest absolute Gasteiger partial charge is 0.479 e. The van der Waals surface area contributed by atoms with Crippen molar-refractivity contribution in [2.45, 2.75) is 87.9 Å². The first-order chi connectivity index (χ1) is 16.5. The molecule has 0 unspecified atom stereocenters. The lowest BCUT2D eigenvalue weighted by molar-refractivity contribution is -0.351. The molecule has 4 fully saturated rings. The van der Waals surface area contributed by atoms with Crippen molar-refractivity contribution in [3.8, 4) is 5.75 Å². The third-order valence-corrected chi connectivity index (χ3v) is 8.26. The lowest BCUT2D eigenvalue weighted by Crippen LogP contribution is -2.62. The van der Waals surface area contributed by atoms with Gasteiger partial charge in [-0.3, -0.25) is 19.1 Å². The first-order valence-electron chi connectivity index (χ1n) is 11.8. The predicted octanol–water partition coefficient (Wildman–Crippen LogP) is 4.07. The van der Waals surface area contributed by atoms with Crippen LogP contribution in [0.25, 0.3) is 0 Å². The van der Waals surface area contributed by atoms with Crippen molar-refractivity contribution in [2.75, 3.05) is 0 Å². The molecule has 0 radical (unpaired) electrons. The van der Waals surface area contributed by atoms with Crippen LogP contribution in [-0.2, 0) is 14.3 Å². The summed E-state index contributed by atoms with van der Waals surface area (Å²) in [7, 11) is 0. The Labute approximate surface area is 205 Å². The zero-order valence-corrected chi connectivity index (χ0v) is 19.6. The maximum atomic E-state index is 13.0. The van der Waals surface area contributed by atoms with E-state index in [0.29, 0.717) is 54.9 Å². The van der Waals surface area contributed by atoms with E-state index in [2.05, 4.69) is 15.4 Å². The third kappa shape index (κ3) is 4.87. The van der Waals surface area contributed by atoms with Gasteiger partial charge in [0.05, 0.1) is 18.1 Å². The predicted molar refractivity (Wildman–Crippen MR) is 118 cm³/mol. The summed E-state index contributed by atoms with van der Waals surface area (Å²) in [5, 5.41) is 6.43. The average molecular weight is 515 g/mol. The molecule has 7 nitrogen and oxygen atoms in total. The van der Waals surface area contributed by atoms with Crippen LogP contribution in [0.1, 0.15) is 68.1 Å². The van der Waals surface area contributed by atoms with Crippen LogP contribution < -0.4 is 15.4 Å². The van der Waals surface area contributed by atoms with Crippen LogP contribution in [-0.4, -0.2) is 47.7 Å². The van der Waals surface area contributed by atoms with E-state index in [-0.39, 0.29) is 42.9 Å². The number of carbonyl (C=O) groups excluding carboxylic acids is 3. The Balaban J connectivity index is 1.14. The number of halogens is 4. The van der Waals surface area contributed by atoms with Gasteiger partial charge in [-0.2, -0.15) is 0 Å². The number of hydrogen-bond acceptors (Lipinski definition) is 5. The molecule has 4 aliphatic carbocycles. The third-order valence-electron chi connectivity index (χ3n) is 8.02. The molecule has 1 aromatic carbocycles. The van der Waals surface area contributed by atoms with Crippen LogP contribution in [0.3, 0.4) is 0 Å². The maximum Gasteiger partial charge on any atom is 0.522 e. The molecular weight excluding hydrogens is 489 g/mol. The molecule has 1 heterocycles. The molecule has 6 rings (SSSR count). The van der Waals surface area contributed by atoms with Gasteiger partial charge >= 0.3 is 6.36 Å². The Morgan fingerprint density at radius 2 is 1.74 bits per heavy atom. The second-order valence-corrected chi connectivity index (χ2v) is 10.7. The molecule has 1 atom stereocenters. The molecule has 1 aliphatic heterocycles. The van der Waals surface area contributed by atoms with E-state index in [1.54, 1.807) is 12.1 Å². The number of amides is 2. The minimum atomic E-state index is -4.66. The summed E-state index contributed by atoms with van der Waals surface area (Å²) in [6.45, 7) is 0. The molecule has 2 N–H and O–H groups in total. The summed E-state index contributed by atoms with van der Waals surface area (Å²) >= 11 is 5.95. The molecule has 0 spiro atoms. The molecule has 0 saturated heterocycles. The van der Waals surface area contributed by atoms with Crippen molar-refractivity contribution >= 4 is 29.2 Å². The van der Waals surface area contributed by atoms with E-state index in [9.17, 15) is 27.6 Å². The highest BCUT2D eigenvalue weighted by molar-refractivity contribution is 6.31. The Bertz CT molecular complexity index is 1030. The van der Waals surface area contributed by atoms with E-state index in [1.807, 2.05) is 0 Å². The van der Waals surface area contributed by atoms with Crippen molar-refractivity contribution in [2.24, 2.45) is 5.41 Å². The first-order valence-corrected chi connectivity index (χ1v) is 12.2. The standard InChI is InChI=1S/C24H26ClF3N2O5/c25-13-1-2-18-16(9-13)17(31)12-19(34-18)20(32)30-23-6-3-22(4-7-23,5-8-23)21(33)29-14-10-15(11-14)35-24(26,27)28/h1-2,9,14-15,19H,3-8,10-12H2,(H,29,33)(H,30,32)/t14?,15?,19-,22?,23?/m1/s1. The molecular formula is C24H26ClF3N2O5. The summed E-state index contributed by atoms with van der Waals surface area (Å²) < 4.78 is 46.7. The molecule has 35 heavy (non-hydrogen) atoms. The number of alkyl halides is 3. The number of rotatable bonds is 5. The Morgan fingerprint density at radius 3 is 2.37 bits per heavy atom. The summed E-state index contributed by atoms with van der Waals surface area (Å²) in [4.78, 5) is 38.5. The number of Topliss-reactive ketones (excluding diaryl/α,β-unsaturated/α-hetero) is 1. The van der Waals surface area contributed by atoms with E-state index >= 15 is 0 Å². The van der Waals surface area contributed by atoms with E-state index < -0.39 is 29.5 Å². The lowest BCUT2D eigenvalue weighted by Gasteiger charge is -2.53. The zero-order valence-electron chi connectivity index (χ0n) is 18.9. The lowest BCUT2D eigenvalue weighted by atomic mass is 9.56. The Morgan fingerprint density at radius 1 is 1.09 bits per heavy atom. The number of ether oxygens (including phenoxy) is 2. The summed E-state index contributed by atoms with van der Waals surface area (Å²) in [5.41, 5.74) is -0.639. The summed E-state index contributed by atoms with van der Waals surface area (Å²) in [6, 6.07) is 4.41. The van der Waals surface area contributed by atoms with Crippen molar-refractivity contribution in [1.82, 2.24) is 10.6 Å². The van der Waals surface area contributed by atoms with Gasteiger partial charge in [-0.15, -0.1) is 13.2 Å². The van der Waals surface area contributed by atoms with Gasteiger partial charge in [0.25, 0.3) is 5.91 Å². The van der Waals surface area contributed by atoms with E-state index in [4.69, 9.17) is 16.3 Å². The van der Waals surface area contributed by atoms with Gasteiger partial charge in [-0.05, 0) is 69.6 Å². The van der Waals surface area contributed by atoms with Gasteiger partial charge in [0, 0.05) is 22.0 Å². The molecule has 2 bridgehead atoms. The fourth-order valence-electron chi connectivity index (χ4n) is 5.81. The van der Waals surface area contributed by atoms with Gasteiger partial charge in [0.2, 0.25) is 5.91 Å². The van der Waals surface area contributed by atoms with Gasteiger partial charge < -0.3 is 15.4 Å². The van der Waals surface area contributed by atoms with Gasteiger partial charge in [0.1, 0.15) is 5.75 Å².